The molecular weight excluding hydrogens is 402 g/mol. The zero-order chi connectivity index (χ0) is 18.7. The number of nitrogens with two attached hydrogens (primary N) is 1. The summed E-state index contributed by atoms with van der Waals surface area (Å²) in [6.07, 6.45) is 1.68. The van der Waals surface area contributed by atoms with Crippen LogP contribution in [-0.2, 0) is 0 Å². The Labute approximate surface area is 159 Å². The monoisotopic (exact) mass is 419 g/mol. The number of fused-ring (bicyclic) bond motifs is 1. The molecule has 0 bridgehead atoms. The van der Waals surface area contributed by atoms with Crippen LogP contribution in [0, 0.1) is 0 Å². The maximum absolute atomic E-state index is 12.7. The van der Waals surface area contributed by atoms with Crippen LogP contribution in [0.4, 0.5) is 5.69 Å². The Morgan fingerprint density at radius 2 is 1.73 bits per heavy atom. The number of ether oxygens (including phenoxy) is 4. The van der Waals surface area contributed by atoms with Gasteiger partial charge in [-0.2, -0.15) is 0 Å². The van der Waals surface area contributed by atoms with Gasteiger partial charge in [-0.3, -0.25) is 4.79 Å². The maximum atomic E-state index is 12.7. The second-order valence-corrected chi connectivity index (χ2v) is 6.37. The molecule has 0 saturated carbocycles. The molecule has 1 heterocycles. The number of benzene rings is 2. The van der Waals surface area contributed by atoms with Gasteiger partial charge >= 0.3 is 0 Å². The van der Waals surface area contributed by atoms with Gasteiger partial charge in [0.15, 0.2) is 17.3 Å². The van der Waals surface area contributed by atoms with Crippen LogP contribution < -0.4 is 24.7 Å². The third kappa shape index (κ3) is 3.62. The summed E-state index contributed by atoms with van der Waals surface area (Å²) in [5.41, 5.74) is 7.42. The number of rotatable bonds is 5. The van der Waals surface area contributed by atoms with Crippen LogP contribution in [0.15, 0.2) is 34.8 Å². The number of Topliss-reactive ketones (excluding diaryl/α,β-unsaturated/α-hetero) is 1. The lowest BCUT2D eigenvalue weighted by Gasteiger charge is -2.20. The lowest BCUT2D eigenvalue weighted by Crippen LogP contribution is -2.15. The first-order valence-corrected chi connectivity index (χ1v) is 8.66. The van der Waals surface area contributed by atoms with Crippen molar-refractivity contribution >= 4 is 33.5 Å². The minimum Gasteiger partial charge on any atom is -0.496 e. The number of carbonyl (C=O) groups excluding carboxylic acids is 1. The van der Waals surface area contributed by atoms with Gasteiger partial charge in [0, 0.05) is 17.2 Å². The van der Waals surface area contributed by atoms with E-state index < -0.39 is 0 Å². The van der Waals surface area contributed by atoms with Gasteiger partial charge in [0.2, 0.25) is 0 Å². The lowest BCUT2D eigenvalue weighted by molar-refractivity contribution is 0.104. The molecule has 26 heavy (non-hydrogen) atoms. The number of carbonyl (C=O) groups is 1. The van der Waals surface area contributed by atoms with Crippen molar-refractivity contribution in [3.8, 4) is 23.0 Å². The number of allylic oxidation sites excluding steroid dienone is 1. The second-order valence-electron chi connectivity index (χ2n) is 5.52. The zero-order valence-electron chi connectivity index (χ0n) is 14.4. The molecular formula is C19H18BrNO5. The molecule has 1 aliphatic heterocycles. The zero-order valence-corrected chi connectivity index (χ0v) is 16.0. The van der Waals surface area contributed by atoms with E-state index in [9.17, 15) is 4.79 Å². The Kier molecular flexibility index (Phi) is 5.37. The highest BCUT2D eigenvalue weighted by Gasteiger charge is 2.18. The molecule has 2 N–H and O–H groups in total. The standard InChI is InChI=1S/C19H18BrNO5/c1-23-15-10-18-17(25-5-6-26-18)9-12(15)7-13(20)19(22)11-3-4-14(21)16(8-11)24-2/h3-4,7-10H,5-6,21H2,1-2H3/b13-7+. The van der Waals surface area contributed by atoms with E-state index >= 15 is 0 Å². The van der Waals surface area contributed by atoms with Crippen molar-refractivity contribution in [2.24, 2.45) is 0 Å². The van der Waals surface area contributed by atoms with Gasteiger partial charge in [-0.25, -0.2) is 0 Å². The van der Waals surface area contributed by atoms with Crippen LogP contribution in [0.25, 0.3) is 6.08 Å². The molecule has 0 fully saturated rings. The van der Waals surface area contributed by atoms with E-state index in [1.807, 2.05) is 0 Å². The van der Waals surface area contributed by atoms with E-state index in [2.05, 4.69) is 15.9 Å². The van der Waals surface area contributed by atoms with Gasteiger partial charge in [-0.1, -0.05) is 0 Å². The summed E-state index contributed by atoms with van der Waals surface area (Å²) in [6.45, 7) is 0.973. The maximum Gasteiger partial charge on any atom is 0.200 e. The molecule has 136 valence electrons. The summed E-state index contributed by atoms with van der Waals surface area (Å²) >= 11 is 3.35. The smallest absolute Gasteiger partial charge is 0.200 e. The summed E-state index contributed by atoms with van der Waals surface area (Å²) in [7, 11) is 3.06. The first kappa shape index (κ1) is 18.1. The van der Waals surface area contributed by atoms with Crippen molar-refractivity contribution in [3.63, 3.8) is 0 Å². The number of nitrogen functional groups attached to an aromatic ring is 1. The molecule has 2 aromatic carbocycles. The van der Waals surface area contributed by atoms with Gasteiger partial charge in [0.25, 0.3) is 0 Å². The Hall–Kier alpha value is -2.67. The molecule has 6 nitrogen and oxygen atoms in total. The lowest BCUT2D eigenvalue weighted by atomic mass is 10.1. The summed E-state index contributed by atoms with van der Waals surface area (Å²) in [5, 5.41) is 0. The van der Waals surface area contributed by atoms with Gasteiger partial charge in [0.1, 0.15) is 24.7 Å². The highest BCUT2D eigenvalue weighted by Crippen LogP contribution is 2.38. The van der Waals surface area contributed by atoms with Gasteiger partial charge < -0.3 is 24.7 Å². The molecule has 2 aromatic rings. The van der Waals surface area contributed by atoms with Crippen molar-refractivity contribution in [3.05, 3.63) is 45.9 Å². The third-order valence-electron chi connectivity index (χ3n) is 3.89. The Morgan fingerprint density at radius 3 is 2.38 bits per heavy atom. The summed E-state index contributed by atoms with van der Waals surface area (Å²) in [6, 6.07) is 8.42. The van der Waals surface area contributed by atoms with Crippen LogP contribution in [0.3, 0.4) is 0 Å². The predicted molar refractivity (Wildman–Crippen MR) is 103 cm³/mol. The predicted octanol–water partition coefficient (Wildman–Crippen LogP) is 3.68. The van der Waals surface area contributed by atoms with Crippen LogP contribution in [-0.4, -0.2) is 33.2 Å². The summed E-state index contributed by atoms with van der Waals surface area (Å²) in [5.74, 6) is 2.06. The minimum absolute atomic E-state index is 0.208. The SMILES string of the molecule is COc1cc(C(=O)/C(Br)=C\c2cc3c(cc2OC)OCCO3)ccc1N. The number of halogens is 1. The third-order valence-corrected chi connectivity index (χ3v) is 4.48. The van der Waals surface area contributed by atoms with Crippen molar-refractivity contribution in [1.82, 2.24) is 0 Å². The molecule has 1 aliphatic rings. The molecule has 0 amide bonds. The van der Waals surface area contributed by atoms with Crippen LogP contribution >= 0.6 is 15.9 Å². The largest absolute Gasteiger partial charge is 0.496 e. The molecule has 0 aromatic heterocycles. The normalized spacial score (nSPS) is 13.3. The first-order valence-electron chi connectivity index (χ1n) is 7.86. The number of hydrogen-bond acceptors (Lipinski definition) is 6. The van der Waals surface area contributed by atoms with Crippen LogP contribution in [0.2, 0.25) is 0 Å². The highest BCUT2D eigenvalue weighted by atomic mass is 79.9. The molecule has 0 saturated heterocycles. The van der Waals surface area contributed by atoms with Gasteiger partial charge in [-0.05, 0) is 46.3 Å². The fraction of sp³-hybridized carbons (Fsp3) is 0.211. The van der Waals surface area contributed by atoms with E-state index in [0.717, 1.165) is 0 Å². The highest BCUT2D eigenvalue weighted by molar-refractivity contribution is 9.12. The fourth-order valence-electron chi connectivity index (χ4n) is 2.57. The fourth-order valence-corrected chi connectivity index (χ4v) is 3.04. The molecule has 0 radical (unpaired) electrons. The molecule has 0 aliphatic carbocycles. The Balaban J connectivity index is 1.95. The van der Waals surface area contributed by atoms with E-state index in [0.29, 0.717) is 57.5 Å². The number of anilines is 1. The van der Waals surface area contributed by atoms with Crippen LogP contribution in [0.5, 0.6) is 23.0 Å². The quantitative estimate of drug-likeness (QED) is 0.452. The van der Waals surface area contributed by atoms with Crippen molar-refractivity contribution in [2.75, 3.05) is 33.2 Å². The molecule has 0 spiro atoms. The average molecular weight is 420 g/mol. The van der Waals surface area contributed by atoms with Crippen LogP contribution in [0.1, 0.15) is 15.9 Å². The minimum atomic E-state index is -0.208. The van der Waals surface area contributed by atoms with E-state index in [-0.39, 0.29) is 5.78 Å². The summed E-state index contributed by atoms with van der Waals surface area (Å²) < 4.78 is 22.1. The summed E-state index contributed by atoms with van der Waals surface area (Å²) in [4.78, 5) is 12.7. The van der Waals surface area contributed by atoms with E-state index in [1.165, 1.54) is 7.11 Å². The van der Waals surface area contributed by atoms with Crippen molar-refractivity contribution in [1.29, 1.82) is 0 Å². The topological polar surface area (TPSA) is 80.0 Å². The first-order chi connectivity index (χ1) is 12.5. The second kappa shape index (κ2) is 7.70. The number of hydrogen-bond donors (Lipinski definition) is 1. The Bertz CT molecular complexity index is 878. The molecule has 3 rings (SSSR count). The van der Waals surface area contributed by atoms with E-state index in [1.54, 1.807) is 43.5 Å². The molecule has 0 unspecified atom stereocenters. The van der Waals surface area contributed by atoms with Crippen molar-refractivity contribution in [2.45, 2.75) is 0 Å². The number of methoxy groups -OCH3 is 2. The molecule has 0 atom stereocenters. The van der Waals surface area contributed by atoms with Crippen molar-refractivity contribution < 1.29 is 23.7 Å². The Morgan fingerprint density at radius 1 is 1.08 bits per heavy atom. The van der Waals surface area contributed by atoms with Gasteiger partial charge in [-0.15, -0.1) is 0 Å². The number of ketones is 1. The van der Waals surface area contributed by atoms with E-state index in [4.69, 9.17) is 24.7 Å². The molecule has 7 heteroatoms. The van der Waals surface area contributed by atoms with Gasteiger partial charge in [0.05, 0.1) is 24.4 Å². The average Bonchev–Trinajstić information content (AvgIpc) is 2.67.